The zero-order valence-corrected chi connectivity index (χ0v) is 17.3. The van der Waals surface area contributed by atoms with E-state index in [1.807, 2.05) is 0 Å². The van der Waals surface area contributed by atoms with Crippen molar-refractivity contribution in [3.8, 4) is 0 Å². The molecule has 0 aliphatic heterocycles. The van der Waals surface area contributed by atoms with Crippen molar-refractivity contribution in [1.29, 1.82) is 0 Å². The van der Waals surface area contributed by atoms with Crippen molar-refractivity contribution in [1.82, 2.24) is 5.32 Å². The van der Waals surface area contributed by atoms with Gasteiger partial charge in [0.1, 0.15) is 0 Å². The average molecular weight is 348 g/mol. The Morgan fingerprint density at radius 1 is 0.600 bits per heavy atom. The molecule has 0 radical (unpaired) electrons. The van der Waals surface area contributed by atoms with E-state index in [1.54, 1.807) is 51.4 Å². The molecule has 0 atom stereocenters. The lowest BCUT2D eigenvalue weighted by Gasteiger charge is -2.41. The Balaban J connectivity index is 1.33. The molecule has 0 saturated heterocycles. The SMILES string of the molecule is CCCCCC1CCC(C2CCC(C3CCC(NC)CC3)CC2)CC1. The second kappa shape index (κ2) is 10.3. The maximum absolute atomic E-state index is 3.50. The molecule has 1 N–H and O–H groups in total. The second-order valence-corrected chi connectivity index (χ2v) is 9.85. The molecule has 25 heavy (non-hydrogen) atoms. The predicted octanol–water partition coefficient (Wildman–Crippen LogP) is 6.96. The van der Waals surface area contributed by atoms with Gasteiger partial charge < -0.3 is 5.32 Å². The van der Waals surface area contributed by atoms with E-state index in [2.05, 4.69) is 19.3 Å². The average Bonchev–Trinajstić information content (AvgIpc) is 2.69. The van der Waals surface area contributed by atoms with E-state index in [4.69, 9.17) is 0 Å². The second-order valence-electron chi connectivity index (χ2n) is 9.85. The highest BCUT2D eigenvalue weighted by Gasteiger charge is 2.34. The zero-order valence-electron chi connectivity index (χ0n) is 17.3. The number of unbranched alkanes of at least 4 members (excludes halogenated alkanes) is 2. The van der Waals surface area contributed by atoms with Crippen LogP contribution < -0.4 is 5.32 Å². The third kappa shape index (κ3) is 5.72. The molecular formula is C24H45N. The highest BCUT2D eigenvalue weighted by Crippen LogP contribution is 2.45. The van der Waals surface area contributed by atoms with Crippen LogP contribution in [0, 0.1) is 29.6 Å². The van der Waals surface area contributed by atoms with Crippen molar-refractivity contribution in [2.24, 2.45) is 29.6 Å². The van der Waals surface area contributed by atoms with Crippen molar-refractivity contribution in [2.45, 2.75) is 116 Å². The summed E-state index contributed by atoms with van der Waals surface area (Å²) in [7, 11) is 2.15. The summed E-state index contributed by atoms with van der Waals surface area (Å²) >= 11 is 0. The van der Waals surface area contributed by atoms with Crippen LogP contribution in [0.2, 0.25) is 0 Å². The Hall–Kier alpha value is -0.0400. The number of hydrogen-bond acceptors (Lipinski definition) is 1. The Morgan fingerprint density at radius 3 is 1.48 bits per heavy atom. The summed E-state index contributed by atoms with van der Waals surface area (Å²) in [5.74, 6) is 5.44. The molecule has 0 amide bonds. The minimum Gasteiger partial charge on any atom is -0.317 e. The molecule has 3 rings (SSSR count). The molecular weight excluding hydrogens is 302 g/mol. The molecule has 1 nitrogen and oxygen atoms in total. The van der Waals surface area contributed by atoms with Gasteiger partial charge >= 0.3 is 0 Å². The summed E-state index contributed by atoms with van der Waals surface area (Å²) in [5.41, 5.74) is 0. The van der Waals surface area contributed by atoms with E-state index in [1.165, 1.54) is 51.4 Å². The molecule has 0 unspecified atom stereocenters. The highest BCUT2D eigenvalue weighted by atomic mass is 14.9. The van der Waals surface area contributed by atoms with E-state index in [9.17, 15) is 0 Å². The van der Waals surface area contributed by atoms with Gasteiger partial charge in [-0.25, -0.2) is 0 Å². The monoisotopic (exact) mass is 347 g/mol. The molecule has 0 aromatic heterocycles. The topological polar surface area (TPSA) is 12.0 Å². The van der Waals surface area contributed by atoms with Crippen molar-refractivity contribution >= 4 is 0 Å². The van der Waals surface area contributed by atoms with Gasteiger partial charge in [-0.05, 0) is 101 Å². The molecule has 1 heteroatoms. The molecule has 0 heterocycles. The van der Waals surface area contributed by atoms with Crippen LogP contribution >= 0.6 is 0 Å². The van der Waals surface area contributed by atoms with Crippen LogP contribution in [0.4, 0.5) is 0 Å². The maximum Gasteiger partial charge on any atom is 0.00642 e. The fourth-order valence-corrected chi connectivity index (χ4v) is 6.60. The van der Waals surface area contributed by atoms with Gasteiger partial charge in [0.2, 0.25) is 0 Å². The molecule has 146 valence electrons. The Morgan fingerprint density at radius 2 is 1.04 bits per heavy atom. The highest BCUT2D eigenvalue weighted by molar-refractivity contribution is 4.86. The molecule has 0 spiro atoms. The van der Waals surface area contributed by atoms with Crippen molar-refractivity contribution in [2.75, 3.05) is 7.05 Å². The third-order valence-corrected chi connectivity index (χ3v) is 8.44. The molecule has 3 aliphatic rings. The smallest absolute Gasteiger partial charge is 0.00642 e. The van der Waals surface area contributed by atoms with Crippen molar-refractivity contribution in [3.05, 3.63) is 0 Å². The normalized spacial score (nSPS) is 40.1. The molecule has 0 aromatic rings. The maximum atomic E-state index is 3.50. The van der Waals surface area contributed by atoms with E-state index >= 15 is 0 Å². The summed E-state index contributed by atoms with van der Waals surface area (Å²) < 4.78 is 0. The van der Waals surface area contributed by atoms with Crippen molar-refractivity contribution in [3.63, 3.8) is 0 Å². The molecule has 0 aromatic carbocycles. The van der Waals surface area contributed by atoms with E-state index in [0.717, 1.165) is 35.6 Å². The summed E-state index contributed by atoms with van der Waals surface area (Å²) in [5, 5.41) is 3.50. The summed E-state index contributed by atoms with van der Waals surface area (Å²) in [4.78, 5) is 0. The first kappa shape index (κ1) is 19.7. The van der Waals surface area contributed by atoms with Gasteiger partial charge in [-0.1, -0.05) is 45.4 Å². The van der Waals surface area contributed by atoms with Crippen LogP contribution in [0.1, 0.15) is 110 Å². The fourth-order valence-electron chi connectivity index (χ4n) is 6.60. The van der Waals surface area contributed by atoms with Crippen LogP contribution in [-0.4, -0.2) is 13.1 Å². The first-order valence-electron chi connectivity index (χ1n) is 12.0. The largest absolute Gasteiger partial charge is 0.317 e. The molecule has 0 bridgehead atoms. The number of nitrogens with one attached hydrogen (secondary N) is 1. The van der Waals surface area contributed by atoms with Gasteiger partial charge in [-0.3, -0.25) is 0 Å². The molecule has 3 saturated carbocycles. The fraction of sp³-hybridized carbons (Fsp3) is 1.00. The van der Waals surface area contributed by atoms with Crippen molar-refractivity contribution < 1.29 is 0 Å². The van der Waals surface area contributed by atoms with Gasteiger partial charge in [0.15, 0.2) is 0 Å². The number of hydrogen-bond donors (Lipinski definition) is 1. The van der Waals surface area contributed by atoms with Gasteiger partial charge in [-0.15, -0.1) is 0 Å². The van der Waals surface area contributed by atoms with Crippen LogP contribution in [0.25, 0.3) is 0 Å². The standard InChI is InChI=1S/C24H45N/c1-3-4-5-6-19-7-9-20(10-8-19)21-11-13-22(14-12-21)23-15-17-24(25-2)18-16-23/h19-25H,3-18H2,1-2H3. The third-order valence-electron chi connectivity index (χ3n) is 8.44. The van der Waals surface area contributed by atoms with Gasteiger partial charge in [-0.2, -0.15) is 0 Å². The summed E-state index contributed by atoms with van der Waals surface area (Å²) in [6.45, 7) is 2.33. The minimum atomic E-state index is 0.820. The predicted molar refractivity (Wildman–Crippen MR) is 110 cm³/mol. The first-order valence-corrected chi connectivity index (χ1v) is 12.0. The van der Waals surface area contributed by atoms with Gasteiger partial charge in [0.05, 0.1) is 0 Å². The van der Waals surface area contributed by atoms with E-state index in [-0.39, 0.29) is 0 Å². The summed E-state index contributed by atoms with van der Waals surface area (Å²) in [6, 6.07) is 0.820. The van der Waals surface area contributed by atoms with Gasteiger partial charge in [0.25, 0.3) is 0 Å². The lowest BCUT2D eigenvalue weighted by atomic mass is 9.65. The van der Waals surface area contributed by atoms with Gasteiger partial charge in [0, 0.05) is 6.04 Å². The lowest BCUT2D eigenvalue weighted by Crippen LogP contribution is -2.34. The van der Waals surface area contributed by atoms with Crippen LogP contribution in [0.15, 0.2) is 0 Å². The van der Waals surface area contributed by atoms with E-state index < -0.39 is 0 Å². The number of rotatable bonds is 7. The molecule has 3 fully saturated rings. The summed E-state index contributed by atoms with van der Waals surface area (Å²) in [6.07, 6.45) is 24.3. The minimum absolute atomic E-state index is 0.820. The van der Waals surface area contributed by atoms with Crippen LogP contribution in [0.5, 0.6) is 0 Å². The van der Waals surface area contributed by atoms with Crippen LogP contribution in [-0.2, 0) is 0 Å². The molecule has 3 aliphatic carbocycles. The van der Waals surface area contributed by atoms with Crippen LogP contribution in [0.3, 0.4) is 0 Å². The Kier molecular flexibility index (Phi) is 8.15. The quantitative estimate of drug-likeness (QED) is 0.491. The zero-order chi connectivity index (χ0) is 17.5. The Bertz CT molecular complexity index is 341. The lowest BCUT2D eigenvalue weighted by molar-refractivity contribution is 0.107. The Labute approximate surface area is 158 Å². The first-order chi connectivity index (χ1) is 12.3. The van der Waals surface area contributed by atoms with E-state index in [0.29, 0.717) is 0 Å².